The van der Waals surface area contributed by atoms with Gasteiger partial charge in [0.25, 0.3) is 0 Å². The number of halogens is 3. The maximum atomic E-state index is 12.7. The van der Waals surface area contributed by atoms with Crippen molar-refractivity contribution in [2.45, 2.75) is 19.0 Å². The third-order valence-corrected chi connectivity index (χ3v) is 5.42. The molecule has 0 radical (unpaired) electrons. The summed E-state index contributed by atoms with van der Waals surface area (Å²) in [5.74, 6) is 0.356. The minimum Gasteiger partial charge on any atom is -0.354 e. The zero-order chi connectivity index (χ0) is 22.0. The molecule has 1 fully saturated rings. The first kappa shape index (κ1) is 21.1. The summed E-state index contributed by atoms with van der Waals surface area (Å²) in [6, 6.07) is 7.84. The van der Waals surface area contributed by atoms with Gasteiger partial charge in [-0.15, -0.1) is 0 Å². The van der Waals surface area contributed by atoms with Gasteiger partial charge in [-0.05, 0) is 42.3 Å². The first-order chi connectivity index (χ1) is 14.8. The summed E-state index contributed by atoms with van der Waals surface area (Å²) in [4.78, 5) is 31.7. The van der Waals surface area contributed by atoms with Crippen LogP contribution in [0.2, 0.25) is 0 Å². The minimum atomic E-state index is -4.40. The minimum absolute atomic E-state index is 0.00470. The van der Waals surface area contributed by atoms with Crippen LogP contribution in [0.25, 0.3) is 0 Å². The molecule has 3 heterocycles. The van der Waals surface area contributed by atoms with Gasteiger partial charge in [0.15, 0.2) is 0 Å². The molecule has 1 saturated heterocycles. The van der Waals surface area contributed by atoms with Crippen molar-refractivity contribution >= 4 is 29.0 Å². The quantitative estimate of drug-likeness (QED) is 0.776. The molecule has 0 spiro atoms. The lowest BCUT2D eigenvalue weighted by Gasteiger charge is -2.35. The molecule has 1 aromatic heterocycles. The molecule has 2 aliphatic rings. The molecule has 2 aromatic rings. The van der Waals surface area contributed by atoms with Gasteiger partial charge in [0.05, 0.1) is 12.1 Å². The third-order valence-electron chi connectivity index (χ3n) is 5.42. The molecule has 2 amide bonds. The van der Waals surface area contributed by atoms with Crippen molar-refractivity contribution in [1.82, 2.24) is 9.88 Å². The van der Waals surface area contributed by atoms with E-state index >= 15 is 0 Å². The lowest BCUT2D eigenvalue weighted by Crippen LogP contribution is -2.48. The van der Waals surface area contributed by atoms with E-state index in [9.17, 15) is 22.8 Å². The fourth-order valence-corrected chi connectivity index (χ4v) is 3.74. The highest BCUT2D eigenvalue weighted by atomic mass is 19.4. The Morgan fingerprint density at radius 1 is 1.10 bits per heavy atom. The number of carbonyl (C=O) groups excluding carboxylic acids is 2. The first-order valence-corrected chi connectivity index (χ1v) is 10.0. The molecule has 31 heavy (non-hydrogen) atoms. The van der Waals surface area contributed by atoms with E-state index in [-0.39, 0.29) is 18.4 Å². The third kappa shape index (κ3) is 5.13. The van der Waals surface area contributed by atoms with Crippen LogP contribution in [-0.4, -0.2) is 54.4 Å². The standard InChI is InChI=1S/C21H22F3N5O2/c22-21(23,24)15-2-5-18(25-12-15)29-9-7-28(8-10-29)13-20(31)26-16-3-4-17-14(11-16)1-6-19(30)27-17/h2-5,11-12H,1,6-10,13H2,(H,26,31)(H,27,30). The van der Waals surface area contributed by atoms with Crippen LogP contribution in [-0.2, 0) is 22.2 Å². The van der Waals surface area contributed by atoms with Crippen molar-refractivity contribution in [2.24, 2.45) is 0 Å². The Bertz CT molecular complexity index is 970. The normalized spacial score (nSPS) is 17.1. The number of hydrogen-bond acceptors (Lipinski definition) is 5. The highest BCUT2D eigenvalue weighted by Crippen LogP contribution is 2.29. The number of nitrogens with one attached hydrogen (secondary N) is 2. The van der Waals surface area contributed by atoms with Crippen LogP contribution < -0.4 is 15.5 Å². The second kappa shape index (κ2) is 8.54. The second-order valence-electron chi connectivity index (χ2n) is 7.63. The van der Waals surface area contributed by atoms with Crippen molar-refractivity contribution in [2.75, 3.05) is 48.3 Å². The van der Waals surface area contributed by atoms with Crippen molar-refractivity contribution < 1.29 is 22.8 Å². The van der Waals surface area contributed by atoms with Crippen molar-refractivity contribution in [3.8, 4) is 0 Å². The average molecular weight is 433 g/mol. The molecule has 0 aliphatic carbocycles. The van der Waals surface area contributed by atoms with Crippen LogP contribution in [0, 0.1) is 0 Å². The van der Waals surface area contributed by atoms with Gasteiger partial charge in [-0.2, -0.15) is 13.2 Å². The van der Waals surface area contributed by atoms with Crippen LogP contribution in [0.1, 0.15) is 17.5 Å². The number of benzene rings is 1. The van der Waals surface area contributed by atoms with E-state index in [2.05, 4.69) is 15.6 Å². The molecule has 7 nitrogen and oxygen atoms in total. The van der Waals surface area contributed by atoms with Gasteiger partial charge in [0.1, 0.15) is 5.82 Å². The molecular weight excluding hydrogens is 411 g/mol. The van der Waals surface area contributed by atoms with Crippen LogP contribution in [0.3, 0.4) is 0 Å². The van der Waals surface area contributed by atoms with Crippen molar-refractivity contribution in [1.29, 1.82) is 0 Å². The molecule has 1 aromatic carbocycles. The van der Waals surface area contributed by atoms with Gasteiger partial charge in [-0.1, -0.05) is 0 Å². The van der Waals surface area contributed by atoms with Gasteiger partial charge >= 0.3 is 6.18 Å². The van der Waals surface area contributed by atoms with Crippen LogP contribution >= 0.6 is 0 Å². The topological polar surface area (TPSA) is 77.6 Å². The highest BCUT2D eigenvalue weighted by molar-refractivity contribution is 5.96. The Hall–Kier alpha value is -3.14. The summed E-state index contributed by atoms with van der Waals surface area (Å²) in [6.07, 6.45) is -2.48. The molecule has 0 bridgehead atoms. The van der Waals surface area contributed by atoms with Crippen molar-refractivity contribution in [3.63, 3.8) is 0 Å². The monoisotopic (exact) mass is 433 g/mol. The maximum Gasteiger partial charge on any atom is 0.417 e. The largest absolute Gasteiger partial charge is 0.417 e. The second-order valence-corrected chi connectivity index (χ2v) is 7.63. The van der Waals surface area contributed by atoms with Crippen LogP contribution in [0.4, 0.5) is 30.4 Å². The predicted octanol–water partition coefficient (Wildman–Crippen LogP) is 2.75. The number of anilines is 3. The molecule has 0 atom stereocenters. The number of aryl methyl sites for hydroxylation is 1. The van der Waals surface area contributed by atoms with Gasteiger partial charge < -0.3 is 15.5 Å². The number of nitrogens with zero attached hydrogens (tertiary/aromatic N) is 3. The number of rotatable bonds is 4. The van der Waals surface area contributed by atoms with Gasteiger partial charge in [-0.3, -0.25) is 14.5 Å². The van der Waals surface area contributed by atoms with Gasteiger partial charge in [-0.25, -0.2) is 4.98 Å². The molecule has 2 N–H and O–H groups in total. The molecule has 2 aliphatic heterocycles. The summed E-state index contributed by atoms with van der Waals surface area (Å²) in [5, 5.41) is 5.70. The Kier molecular flexibility index (Phi) is 5.81. The fourth-order valence-electron chi connectivity index (χ4n) is 3.74. The van der Waals surface area contributed by atoms with Crippen LogP contribution in [0.15, 0.2) is 36.5 Å². The Morgan fingerprint density at radius 3 is 2.55 bits per heavy atom. The SMILES string of the molecule is O=C(CN1CCN(c2ccc(C(F)(F)F)cn2)CC1)Nc1ccc2c(c1)CCC(=O)N2. The maximum absolute atomic E-state index is 12.7. The summed E-state index contributed by atoms with van der Waals surface area (Å²) in [7, 11) is 0. The lowest BCUT2D eigenvalue weighted by molar-refractivity contribution is -0.137. The zero-order valence-electron chi connectivity index (χ0n) is 16.7. The molecule has 4 rings (SSSR count). The van der Waals surface area contributed by atoms with Gasteiger partial charge in [0.2, 0.25) is 11.8 Å². The highest BCUT2D eigenvalue weighted by Gasteiger charge is 2.31. The number of fused-ring (bicyclic) bond motifs is 1. The number of carbonyl (C=O) groups is 2. The van der Waals surface area contributed by atoms with E-state index in [1.54, 1.807) is 12.1 Å². The number of piperazine rings is 1. The molecular formula is C21H22F3N5O2. The van der Waals surface area contributed by atoms with Gasteiger partial charge in [0, 0.05) is 50.2 Å². The zero-order valence-corrected chi connectivity index (χ0v) is 16.7. The number of pyridine rings is 1. The van der Waals surface area contributed by atoms with E-state index in [4.69, 9.17) is 0 Å². The fraction of sp³-hybridized carbons (Fsp3) is 0.381. The molecule has 10 heteroatoms. The smallest absolute Gasteiger partial charge is 0.354 e. The summed E-state index contributed by atoms with van der Waals surface area (Å²) >= 11 is 0. The number of hydrogen-bond donors (Lipinski definition) is 2. The number of amides is 2. The molecule has 0 unspecified atom stereocenters. The Balaban J connectivity index is 1.27. The molecule has 0 saturated carbocycles. The summed E-state index contributed by atoms with van der Waals surface area (Å²) < 4.78 is 38.0. The average Bonchev–Trinajstić information content (AvgIpc) is 2.74. The summed E-state index contributed by atoms with van der Waals surface area (Å²) in [5.41, 5.74) is 1.70. The summed E-state index contributed by atoms with van der Waals surface area (Å²) in [6.45, 7) is 2.58. The van der Waals surface area contributed by atoms with Crippen LogP contribution in [0.5, 0.6) is 0 Å². The van der Waals surface area contributed by atoms with E-state index in [0.29, 0.717) is 50.5 Å². The van der Waals surface area contributed by atoms with E-state index in [1.165, 1.54) is 6.07 Å². The van der Waals surface area contributed by atoms with E-state index in [1.807, 2.05) is 15.9 Å². The molecule has 164 valence electrons. The van der Waals surface area contributed by atoms with E-state index < -0.39 is 11.7 Å². The van der Waals surface area contributed by atoms with E-state index in [0.717, 1.165) is 23.5 Å². The Morgan fingerprint density at radius 2 is 1.87 bits per heavy atom. The Labute approximate surface area is 177 Å². The number of alkyl halides is 3. The predicted molar refractivity (Wildman–Crippen MR) is 110 cm³/mol. The first-order valence-electron chi connectivity index (χ1n) is 10.0. The van der Waals surface area contributed by atoms with Crippen molar-refractivity contribution in [3.05, 3.63) is 47.7 Å². The number of aromatic nitrogens is 1. The lowest BCUT2D eigenvalue weighted by atomic mass is 10.0.